The third-order valence-electron chi connectivity index (χ3n) is 2.78. The summed E-state index contributed by atoms with van der Waals surface area (Å²) in [5, 5.41) is 18.2. The standard InChI is InChI=1S/C14H18O3/c1-10(11(2)15)5-3-6-12-7-4-8-13(9-12)14(16)17/h3-4,6-11,15H,5H2,1-2H3,(H,16,17). The highest BCUT2D eigenvalue weighted by Gasteiger charge is 2.05. The highest BCUT2D eigenvalue weighted by Crippen LogP contribution is 2.12. The Bertz CT molecular complexity index is 408. The van der Waals surface area contributed by atoms with Crippen LogP contribution in [-0.2, 0) is 0 Å². The molecule has 0 fully saturated rings. The van der Waals surface area contributed by atoms with Crippen LogP contribution in [0.4, 0.5) is 0 Å². The van der Waals surface area contributed by atoms with E-state index in [1.807, 2.05) is 25.1 Å². The van der Waals surface area contributed by atoms with Gasteiger partial charge in [0.05, 0.1) is 11.7 Å². The van der Waals surface area contributed by atoms with Crippen LogP contribution >= 0.6 is 0 Å². The second-order valence-electron chi connectivity index (χ2n) is 4.29. The molecule has 0 radical (unpaired) electrons. The Hall–Kier alpha value is -1.61. The number of aliphatic hydroxyl groups excluding tert-OH is 1. The lowest BCUT2D eigenvalue weighted by molar-refractivity contribution is 0.0697. The summed E-state index contributed by atoms with van der Waals surface area (Å²) in [5.41, 5.74) is 1.15. The Kier molecular flexibility index (Phi) is 4.91. The average molecular weight is 234 g/mol. The van der Waals surface area contributed by atoms with Gasteiger partial charge in [-0.25, -0.2) is 4.79 Å². The van der Waals surface area contributed by atoms with Gasteiger partial charge in [0.1, 0.15) is 0 Å². The molecule has 1 aromatic rings. The fourth-order valence-electron chi connectivity index (χ4n) is 1.39. The average Bonchev–Trinajstić information content (AvgIpc) is 2.29. The minimum absolute atomic E-state index is 0.203. The SMILES string of the molecule is CC(O)C(C)CC=Cc1cccc(C(=O)O)c1. The molecule has 2 N–H and O–H groups in total. The van der Waals surface area contributed by atoms with Crippen molar-refractivity contribution in [3.63, 3.8) is 0 Å². The van der Waals surface area contributed by atoms with Crippen LogP contribution in [0.5, 0.6) is 0 Å². The Balaban J connectivity index is 2.65. The van der Waals surface area contributed by atoms with E-state index in [9.17, 15) is 9.90 Å². The van der Waals surface area contributed by atoms with Crippen molar-refractivity contribution in [2.75, 3.05) is 0 Å². The fraction of sp³-hybridized carbons (Fsp3) is 0.357. The van der Waals surface area contributed by atoms with Crippen molar-refractivity contribution in [3.05, 3.63) is 41.5 Å². The number of carbonyl (C=O) groups is 1. The van der Waals surface area contributed by atoms with Crippen molar-refractivity contribution in [3.8, 4) is 0 Å². The highest BCUT2D eigenvalue weighted by atomic mass is 16.4. The van der Waals surface area contributed by atoms with E-state index in [-0.39, 0.29) is 17.6 Å². The zero-order valence-electron chi connectivity index (χ0n) is 10.1. The molecule has 0 aliphatic carbocycles. The van der Waals surface area contributed by atoms with Crippen molar-refractivity contribution in [1.82, 2.24) is 0 Å². The van der Waals surface area contributed by atoms with Crippen LogP contribution in [0.1, 0.15) is 36.2 Å². The van der Waals surface area contributed by atoms with Gasteiger partial charge < -0.3 is 10.2 Å². The number of aromatic carboxylic acids is 1. The predicted molar refractivity (Wildman–Crippen MR) is 67.9 cm³/mol. The lowest BCUT2D eigenvalue weighted by Crippen LogP contribution is -2.11. The van der Waals surface area contributed by atoms with Crippen LogP contribution in [0.15, 0.2) is 30.3 Å². The van der Waals surface area contributed by atoms with Gasteiger partial charge in [-0.05, 0) is 37.0 Å². The van der Waals surface area contributed by atoms with Crippen LogP contribution in [0, 0.1) is 5.92 Å². The van der Waals surface area contributed by atoms with E-state index in [0.717, 1.165) is 12.0 Å². The molecule has 0 bridgehead atoms. The smallest absolute Gasteiger partial charge is 0.335 e. The minimum atomic E-state index is -0.919. The molecule has 0 amide bonds. The largest absolute Gasteiger partial charge is 0.478 e. The number of carboxylic acid groups (broad SMARTS) is 1. The summed E-state index contributed by atoms with van der Waals surface area (Å²) in [4.78, 5) is 10.8. The molecular formula is C14H18O3. The Morgan fingerprint density at radius 3 is 2.71 bits per heavy atom. The molecule has 0 saturated carbocycles. The van der Waals surface area contributed by atoms with Crippen LogP contribution in [0.2, 0.25) is 0 Å². The van der Waals surface area contributed by atoms with Gasteiger partial charge in [-0.15, -0.1) is 0 Å². The van der Waals surface area contributed by atoms with Crippen LogP contribution < -0.4 is 0 Å². The third-order valence-corrected chi connectivity index (χ3v) is 2.78. The van der Waals surface area contributed by atoms with Crippen LogP contribution in [0.25, 0.3) is 6.08 Å². The van der Waals surface area contributed by atoms with Gasteiger partial charge in [-0.1, -0.05) is 31.2 Å². The van der Waals surface area contributed by atoms with E-state index in [0.29, 0.717) is 0 Å². The van der Waals surface area contributed by atoms with E-state index >= 15 is 0 Å². The molecular weight excluding hydrogens is 216 g/mol. The lowest BCUT2D eigenvalue weighted by Gasteiger charge is -2.11. The number of hydrogen-bond donors (Lipinski definition) is 2. The molecule has 0 aliphatic heterocycles. The number of benzene rings is 1. The first-order valence-corrected chi connectivity index (χ1v) is 5.68. The number of allylic oxidation sites excluding steroid dienone is 1. The Morgan fingerprint density at radius 2 is 2.12 bits per heavy atom. The van der Waals surface area contributed by atoms with Gasteiger partial charge in [0.2, 0.25) is 0 Å². The molecule has 3 nitrogen and oxygen atoms in total. The van der Waals surface area contributed by atoms with Crippen molar-refractivity contribution in [2.24, 2.45) is 5.92 Å². The number of hydrogen-bond acceptors (Lipinski definition) is 2. The second kappa shape index (κ2) is 6.21. The Morgan fingerprint density at radius 1 is 1.41 bits per heavy atom. The van der Waals surface area contributed by atoms with E-state index in [1.165, 1.54) is 0 Å². The first kappa shape index (κ1) is 13.5. The summed E-state index contributed by atoms with van der Waals surface area (Å²) in [5.74, 6) is -0.716. The molecule has 0 aromatic heterocycles. The van der Waals surface area contributed by atoms with E-state index < -0.39 is 5.97 Å². The number of aliphatic hydroxyl groups is 1. The fourth-order valence-corrected chi connectivity index (χ4v) is 1.39. The maximum atomic E-state index is 10.8. The molecule has 1 rings (SSSR count). The topological polar surface area (TPSA) is 57.5 Å². The summed E-state index contributed by atoms with van der Waals surface area (Å²) in [6, 6.07) is 6.78. The lowest BCUT2D eigenvalue weighted by atomic mass is 10.0. The quantitative estimate of drug-likeness (QED) is 0.823. The van der Waals surface area contributed by atoms with Gasteiger partial charge in [0.25, 0.3) is 0 Å². The van der Waals surface area contributed by atoms with Gasteiger partial charge in [0, 0.05) is 0 Å². The van der Waals surface area contributed by atoms with E-state index in [4.69, 9.17) is 5.11 Å². The molecule has 3 heteroatoms. The van der Waals surface area contributed by atoms with E-state index in [1.54, 1.807) is 25.1 Å². The second-order valence-corrected chi connectivity index (χ2v) is 4.29. The molecule has 0 saturated heterocycles. The molecule has 1 aromatic carbocycles. The minimum Gasteiger partial charge on any atom is -0.478 e. The molecule has 0 spiro atoms. The normalized spacial score (nSPS) is 14.8. The molecule has 2 atom stereocenters. The first-order valence-electron chi connectivity index (χ1n) is 5.68. The zero-order chi connectivity index (χ0) is 12.8. The predicted octanol–water partition coefficient (Wildman–Crippen LogP) is 2.81. The molecule has 0 heterocycles. The first-order chi connectivity index (χ1) is 8.00. The summed E-state index contributed by atoms with van der Waals surface area (Å²) < 4.78 is 0. The molecule has 17 heavy (non-hydrogen) atoms. The number of carboxylic acids is 1. The summed E-state index contributed by atoms with van der Waals surface area (Å²) in [6.45, 7) is 3.74. The molecule has 0 aliphatic rings. The van der Waals surface area contributed by atoms with E-state index in [2.05, 4.69) is 0 Å². The van der Waals surface area contributed by atoms with Crippen molar-refractivity contribution >= 4 is 12.0 Å². The Labute approximate surface area is 101 Å². The van der Waals surface area contributed by atoms with Gasteiger partial charge in [-0.2, -0.15) is 0 Å². The van der Waals surface area contributed by atoms with Crippen molar-refractivity contribution in [2.45, 2.75) is 26.4 Å². The summed E-state index contributed by atoms with van der Waals surface area (Å²) in [7, 11) is 0. The summed E-state index contributed by atoms with van der Waals surface area (Å²) in [6.07, 6.45) is 4.28. The highest BCUT2D eigenvalue weighted by molar-refractivity contribution is 5.88. The van der Waals surface area contributed by atoms with Crippen LogP contribution in [-0.4, -0.2) is 22.3 Å². The third kappa shape index (κ3) is 4.41. The number of rotatable bonds is 5. The van der Waals surface area contributed by atoms with Gasteiger partial charge >= 0.3 is 5.97 Å². The van der Waals surface area contributed by atoms with Gasteiger partial charge in [0.15, 0.2) is 0 Å². The maximum Gasteiger partial charge on any atom is 0.335 e. The van der Waals surface area contributed by atoms with Crippen molar-refractivity contribution in [1.29, 1.82) is 0 Å². The maximum absolute atomic E-state index is 10.8. The monoisotopic (exact) mass is 234 g/mol. The molecule has 2 unspecified atom stereocenters. The summed E-state index contributed by atoms with van der Waals surface area (Å²) >= 11 is 0. The van der Waals surface area contributed by atoms with Gasteiger partial charge in [-0.3, -0.25) is 0 Å². The molecule has 92 valence electrons. The zero-order valence-corrected chi connectivity index (χ0v) is 10.1. The van der Waals surface area contributed by atoms with Crippen molar-refractivity contribution < 1.29 is 15.0 Å². The van der Waals surface area contributed by atoms with Crippen LogP contribution in [0.3, 0.4) is 0 Å².